The van der Waals surface area contributed by atoms with Crippen LogP contribution in [0.3, 0.4) is 0 Å². The minimum absolute atomic E-state index is 0.178. The van der Waals surface area contributed by atoms with Gasteiger partial charge in [0.15, 0.2) is 0 Å². The van der Waals surface area contributed by atoms with Crippen molar-refractivity contribution in [2.45, 2.75) is 26.4 Å². The van der Waals surface area contributed by atoms with Gasteiger partial charge in [-0.05, 0) is 41.8 Å². The zero-order chi connectivity index (χ0) is 25.9. The number of nitrogens with zero attached hydrogens (tertiary/aromatic N) is 4. The fourth-order valence-corrected chi connectivity index (χ4v) is 5.10. The molecule has 0 saturated carbocycles. The van der Waals surface area contributed by atoms with Gasteiger partial charge in [0.2, 0.25) is 0 Å². The zero-order valence-corrected chi connectivity index (χ0v) is 21.6. The molecule has 0 bridgehead atoms. The number of benzene rings is 3. The normalized spacial score (nSPS) is 14.9. The molecule has 1 aliphatic heterocycles. The first-order valence-electron chi connectivity index (χ1n) is 13.3. The Bertz CT molecular complexity index is 1600. The molecule has 5 aromatic rings. The molecule has 194 valence electrons. The highest BCUT2D eigenvalue weighted by atomic mass is 16.5. The lowest BCUT2D eigenvalue weighted by Crippen LogP contribution is -2.45. The van der Waals surface area contributed by atoms with E-state index in [0.29, 0.717) is 23.3 Å². The molecule has 2 N–H and O–H groups in total. The smallest absolute Gasteiger partial charge is 0.259 e. The van der Waals surface area contributed by atoms with Crippen molar-refractivity contribution in [2.75, 3.05) is 32.8 Å². The van der Waals surface area contributed by atoms with Crippen molar-refractivity contribution >= 4 is 21.9 Å². The van der Waals surface area contributed by atoms with E-state index >= 15 is 0 Å². The number of imidazole rings is 1. The predicted molar refractivity (Wildman–Crippen MR) is 150 cm³/mol. The van der Waals surface area contributed by atoms with Crippen LogP contribution in [-0.4, -0.2) is 62.5 Å². The molecule has 1 aliphatic rings. The van der Waals surface area contributed by atoms with Crippen molar-refractivity contribution in [1.29, 1.82) is 0 Å². The van der Waals surface area contributed by atoms with Crippen LogP contribution >= 0.6 is 0 Å². The van der Waals surface area contributed by atoms with Crippen molar-refractivity contribution in [1.82, 2.24) is 29.7 Å². The summed E-state index contributed by atoms with van der Waals surface area (Å²) >= 11 is 0. The van der Waals surface area contributed by atoms with Gasteiger partial charge in [-0.25, -0.2) is 9.97 Å². The minimum Gasteiger partial charge on any atom is -0.493 e. The maximum Gasteiger partial charge on any atom is 0.259 e. The lowest BCUT2D eigenvalue weighted by Gasteiger charge is -2.34. The highest BCUT2D eigenvalue weighted by molar-refractivity contribution is 5.93. The van der Waals surface area contributed by atoms with E-state index < -0.39 is 0 Å². The highest BCUT2D eigenvalue weighted by Gasteiger charge is 2.19. The van der Waals surface area contributed by atoms with Crippen LogP contribution in [0.5, 0.6) is 5.75 Å². The summed E-state index contributed by atoms with van der Waals surface area (Å²) < 4.78 is 6.07. The second-order valence-electron chi connectivity index (χ2n) is 9.92. The summed E-state index contributed by atoms with van der Waals surface area (Å²) in [6.45, 7) is 8.63. The third kappa shape index (κ3) is 5.18. The van der Waals surface area contributed by atoms with Crippen molar-refractivity contribution < 1.29 is 4.74 Å². The number of fused-ring (bicyclic) bond motifs is 2. The van der Waals surface area contributed by atoms with Gasteiger partial charge in [-0.1, -0.05) is 43.3 Å². The quantitative estimate of drug-likeness (QED) is 0.319. The van der Waals surface area contributed by atoms with Gasteiger partial charge in [-0.3, -0.25) is 14.6 Å². The van der Waals surface area contributed by atoms with E-state index in [1.54, 1.807) is 12.4 Å². The number of aromatic nitrogens is 4. The molecular weight excluding hydrogens is 476 g/mol. The van der Waals surface area contributed by atoms with Gasteiger partial charge in [0.1, 0.15) is 11.6 Å². The number of aromatic amines is 2. The van der Waals surface area contributed by atoms with E-state index in [0.717, 1.165) is 68.0 Å². The molecule has 0 radical (unpaired) electrons. The SMILES string of the molecule is CCCOc1ccc(CN2CCN(Cc3ccccc3)CC2)cc1-c1nc2cc3nc[nH]c3cc2c(=O)[nH]1. The third-order valence-corrected chi connectivity index (χ3v) is 7.13. The standard InChI is InChI=1S/C30H32N6O2/c1-2-14-38-28-9-8-22(19-36-12-10-35(11-13-36)18-21-6-4-3-5-7-21)15-24(28)29-33-25-17-27-26(31-20-32-27)16-23(25)30(37)34-29/h3-9,15-17,20H,2,10-14,18-19H2,1H3,(H,31,32)(H,33,34,37). The van der Waals surface area contributed by atoms with E-state index in [-0.39, 0.29) is 5.56 Å². The number of hydrogen-bond donors (Lipinski definition) is 2. The second kappa shape index (κ2) is 10.8. The first kappa shape index (κ1) is 24.3. The Kier molecular flexibility index (Phi) is 6.90. The second-order valence-corrected chi connectivity index (χ2v) is 9.92. The summed E-state index contributed by atoms with van der Waals surface area (Å²) in [6, 6.07) is 20.6. The average molecular weight is 509 g/mol. The molecule has 0 amide bonds. The van der Waals surface area contributed by atoms with Crippen molar-refractivity contribution in [3.63, 3.8) is 0 Å². The average Bonchev–Trinajstić information content (AvgIpc) is 3.40. The van der Waals surface area contributed by atoms with Gasteiger partial charge in [0, 0.05) is 39.3 Å². The lowest BCUT2D eigenvalue weighted by molar-refractivity contribution is 0.122. The van der Waals surface area contributed by atoms with E-state index in [2.05, 4.69) is 74.1 Å². The zero-order valence-electron chi connectivity index (χ0n) is 21.6. The first-order valence-corrected chi connectivity index (χ1v) is 13.3. The maximum absolute atomic E-state index is 13.0. The Morgan fingerprint density at radius 2 is 1.66 bits per heavy atom. The fraction of sp³-hybridized carbons (Fsp3) is 0.300. The number of nitrogens with one attached hydrogen (secondary N) is 2. The Morgan fingerprint density at radius 1 is 0.895 bits per heavy atom. The van der Waals surface area contributed by atoms with E-state index in [1.807, 2.05) is 12.1 Å². The number of rotatable bonds is 8. The minimum atomic E-state index is -0.178. The van der Waals surface area contributed by atoms with Gasteiger partial charge in [0.25, 0.3) is 5.56 Å². The van der Waals surface area contributed by atoms with Gasteiger partial charge in [0.05, 0.1) is 40.4 Å². The molecule has 2 aromatic heterocycles. The summed E-state index contributed by atoms with van der Waals surface area (Å²) in [6.07, 6.45) is 2.52. The van der Waals surface area contributed by atoms with Crippen LogP contribution in [0.25, 0.3) is 33.3 Å². The Morgan fingerprint density at radius 3 is 2.42 bits per heavy atom. The summed E-state index contributed by atoms with van der Waals surface area (Å²) in [7, 11) is 0. The Labute approximate surface area is 221 Å². The van der Waals surface area contributed by atoms with Crippen LogP contribution in [-0.2, 0) is 13.1 Å². The van der Waals surface area contributed by atoms with Crippen LogP contribution in [0.2, 0.25) is 0 Å². The van der Waals surface area contributed by atoms with Crippen molar-refractivity contribution in [3.05, 3.63) is 88.5 Å². The topological polar surface area (TPSA) is 90.1 Å². The molecule has 0 unspecified atom stereocenters. The van der Waals surface area contributed by atoms with E-state index in [4.69, 9.17) is 9.72 Å². The fourth-order valence-electron chi connectivity index (χ4n) is 5.10. The van der Waals surface area contributed by atoms with Crippen molar-refractivity contribution in [2.24, 2.45) is 0 Å². The van der Waals surface area contributed by atoms with E-state index in [9.17, 15) is 4.79 Å². The molecule has 0 atom stereocenters. The number of ether oxygens (including phenoxy) is 1. The number of H-pyrrole nitrogens is 2. The lowest BCUT2D eigenvalue weighted by atomic mass is 10.1. The molecule has 8 nitrogen and oxygen atoms in total. The van der Waals surface area contributed by atoms with Gasteiger partial charge in [-0.2, -0.15) is 0 Å². The van der Waals surface area contributed by atoms with E-state index in [1.165, 1.54) is 11.1 Å². The number of hydrogen-bond acceptors (Lipinski definition) is 6. The van der Waals surface area contributed by atoms with Crippen LogP contribution < -0.4 is 10.3 Å². The molecule has 1 fully saturated rings. The summed E-state index contributed by atoms with van der Waals surface area (Å²) in [5.74, 6) is 1.24. The summed E-state index contributed by atoms with van der Waals surface area (Å²) in [5.41, 5.74) is 5.37. The van der Waals surface area contributed by atoms with Crippen LogP contribution in [0.15, 0.2) is 71.8 Å². The number of piperazine rings is 1. The first-order chi connectivity index (χ1) is 18.7. The van der Waals surface area contributed by atoms with Crippen LogP contribution in [0, 0.1) is 0 Å². The molecular formula is C30H32N6O2. The van der Waals surface area contributed by atoms with Gasteiger partial charge >= 0.3 is 0 Å². The van der Waals surface area contributed by atoms with Gasteiger partial charge in [-0.15, -0.1) is 0 Å². The third-order valence-electron chi connectivity index (χ3n) is 7.13. The molecule has 8 heteroatoms. The molecule has 3 aromatic carbocycles. The molecule has 1 saturated heterocycles. The monoisotopic (exact) mass is 508 g/mol. The van der Waals surface area contributed by atoms with Crippen LogP contribution in [0.4, 0.5) is 0 Å². The predicted octanol–water partition coefficient (Wildman–Crippen LogP) is 4.57. The van der Waals surface area contributed by atoms with Crippen LogP contribution in [0.1, 0.15) is 24.5 Å². The van der Waals surface area contributed by atoms with Gasteiger partial charge < -0.3 is 14.7 Å². The Hall–Kier alpha value is -4.01. The summed E-state index contributed by atoms with van der Waals surface area (Å²) in [4.78, 5) is 33.3. The molecule has 6 rings (SSSR count). The van der Waals surface area contributed by atoms with Crippen molar-refractivity contribution in [3.8, 4) is 17.1 Å². The largest absolute Gasteiger partial charge is 0.493 e. The molecule has 3 heterocycles. The molecule has 0 spiro atoms. The summed E-state index contributed by atoms with van der Waals surface area (Å²) in [5, 5.41) is 0.533. The molecule has 38 heavy (non-hydrogen) atoms. The molecule has 0 aliphatic carbocycles. The maximum atomic E-state index is 13.0. The highest BCUT2D eigenvalue weighted by Crippen LogP contribution is 2.30. The Balaban J connectivity index is 1.24.